The van der Waals surface area contributed by atoms with Crippen molar-refractivity contribution in [3.05, 3.63) is 45.9 Å². The van der Waals surface area contributed by atoms with Crippen LogP contribution in [-0.2, 0) is 6.42 Å². The molecule has 0 saturated heterocycles. The van der Waals surface area contributed by atoms with E-state index in [0.717, 1.165) is 30.1 Å². The molecule has 0 N–H and O–H groups in total. The Morgan fingerprint density at radius 3 is 2.73 bits per heavy atom. The van der Waals surface area contributed by atoms with Gasteiger partial charge in [-0.05, 0) is 31.9 Å². The maximum atomic E-state index is 12.3. The summed E-state index contributed by atoms with van der Waals surface area (Å²) in [5.74, 6) is 0.903. The molecule has 2 rings (SSSR count). The Morgan fingerprint density at radius 1 is 1.32 bits per heavy atom. The number of nitrogens with zero attached hydrogens (tertiary/aromatic N) is 2. The van der Waals surface area contributed by atoms with Gasteiger partial charge in [0, 0.05) is 29.6 Å². The molecule has 0 aliphatic rings. The predicted octanol–water partition coefficient (Wildman–Crippen LogP) is 4.27. The number of carbonyl (C=O) groups excluding carboxylic acids is 1. The zero-order valence-corrected chi connectivity index (χ0v) is 15.0. The predicted molar refractivity (Wildman–Crippen MR) is 95.0 cm³/mol. The third-order valence-corrected chi connectivity index (χ3v) is 5.20. The van der Waals surface area contributed by atoms with Crippen molar-refractivity contribution in [1.82, 2.24) is 9.88 Å². The molecule has 0 radical (unpaired) electrons. The third-order valence-electron chi connectivity index (χ3n) is 3.30. The molecule has 0 saturated carbocycles. The highest BCUT2D eigenvalue weighted by molar-refractivity contribution is 7.99. The summed E-state index contributed by atoms with van der Waals surface area (Å²) in [4.78, 5) is 19.7. The topological polar surface area (TPSA) is 33.2 Å². The minimum atomic E-state index is 0.0168. The van der Waals surface area contributed by atoms with Crippen LogP contribution in [0, 0.1) is 6.92 Å². The van der Waals surface area contributed by atoms with Gasteiger partial charge in [0.2, 0.25) is 0 Å². The van der Waals surface area contributed by atoms with Gasteiger partial charge >= 0.3 is 0 Å². The van der Waals surface area contributed by atoms with Gasteiger partial charge in [0.15, 0.2) is 0 Å². The Labute approximate surface area is 140 Å². The van der Waals surface area contributed by atoms with E-state index in [2.05, 4.69) is 43.1 Å². The highest BCUT2D eigenvalue weighted by Crippen LogP contribution is 2.19. The molecule has 1 heterocycles. The first-order chi connectivity index (χ1) is 10.6. The molecular formula is C17H22N2OS2. The summed E-state index contributed by atoms with van der Waals surface area (Å²) >= 11 is 3.35. The normalized spacial score (nSPS) is 10.7. The zero-order valence-electron chi connectivity index (χ0n) is 13.3. The van der Waals surface area contributed by atoms with E-state index in [9.17, 15) is 4.79 Å². The molecule has 5 heteroatoms. The molecule has 0 aliphatic carbocycles. The highest BCUT2D eigenvalue weighted by atomic mass is 32.2. The number of hydrogen-bond donors (Lipinski definition) is 0. The van der Waals surface area contributed by atoms with Gasteiger partial charge in [-0.3, -0.25) is 4.79 Å². The second kappa shape index (κ2) is 8.34. The molecule has 118 valence electrons. The number of hydrogen-bond acceptors (Lipinski definition) is 4. The van der Waals surface area contributed by atoms with Crippen molar-refractivity contribution in [3.63, 3.8) is 0 Å². The molecule has 1 aromatic heterocycles. The fourth-order valence-electron chi connectivity index (χ4n) is 1.97. The summed E-state index contributed by atoms with van der Waals surface area (Å²) in [5.41, 5.74) is 1.85. The van der Waals surface area contributed by atoms with Gasteiger partial charge in [-0.2, -0.15) is 0 Å². The molecule has 22 heavy (non-hydrogen) atoms. The molecule has 0 atom stereocenters. The molecule has 0 unspecified atom stereocenters. The van der Waals surface area contributed by atoms with Crippen LogP contribution in [0.3, 0.4) is 0 Å². The van der Waals surface area contributed by atoms with Crippen LogP contribution < -0.4 is 0 Å². The number of aryl methyl sites for hydroxylation is 2. The van der Waals surface area contributed by atoms with Crippen molar-refractivity contribution >= 4 is 29.0 Å². The number of thiazole rings is 1. The lowest BCUT2D eigenvalue weighted by Gasteiger charge is -2.15. The van der Waals surface area contributed by atoms with E-state index < -0.39 is 0 Å². The van der Waals surface area contributed by atoms with Gasteiger partial charge in [-0.1, -0.05) is 24.6 Å². The number of rotatable bonds is 7. The summed E-state index contributed by atoms with van der Waals surface area (Å²) in [6, 6.07) is 8.47. The first kappa shape index (κ1) is 17.0. The third kappa shape index (κ3) is 4.85. The van der Waals surface area contributed by atoms with E-state index >= 15 is 0 Å². The number of carbonyl (C=O) groups is 1. The average molecular weight is 335 g/mol. The zero-order chi connectivity index (χ0) is 15.9. The summed E-state index contributed by atoms with van der Waals surface area (Å²) in [6.45, 7) is 4.93. The van der Waals surface area contributed by atoms with Gasteiger partial charge in [0.1, 0.15) is 5.69 Å². The Balaban J connectivity index is 1.81. The quantitative estimate of drug-likeness (QED) is 0.709. The van der Waals surface area contributed by atoms with E-state index in [1.54, 1.807) is 28.0 Å². The first-order valence-electron chi connectivity index (χ1n) is 7.49. The smallest absolute Gasteiger partial charge is 0.273 e. The van der Waals surface area contributed by atoms with E-state index in [1.807, 2.05) is 12.4 Å². The second-order valence-corrected chi connectivity index (χ2v) is 7.38. The van der Waals surface area contributed by atoms with Gasteiger partial charge in [0.25, 0.3) is 5.91 Å². The molecular weight excluding hydrogens is 312 g/mol. The van der Waals surface area contributed by atoms with Crippen LogP contribution in [-0.4, -0.2) is 35.1 Å². The molecule has 0 spiro atoms. The second-order valence-electron chi connectivity index (χ2n) is 5.26. The minimum absolute atomic E-state index is 0.0168. The van der Waals surface area contributed by atoms with Crippen LogP contribution in [0.1, 0.15) is 34.4 Å². The minimum Gasteiger partial charge on any atom is -0.340 e. The van der Waals surface area contributed by atoms with Crippen molar-refractivity contribution in [2.45, 2.75) is 31.6 Å². The standard InChI is InChI=1S/C17H22N2OS2/c1-4-5-16-18-15(12-22-16)17(20)19(3)10-11-21-14-8-6-13(2)7-9-14/h6-9,12H,4-5,10-11H2,1-3H3. The fourth-order valence-corrected chi connectivity index (χ4v) is 3.77. The van der Waals surface area contributed by atoms with Crippen molar-refractivity contribution in [2.75, 3.05) is 19.3 Å². The van der Waals surface area contributed by atoms with Crippen LogP contribution >= 0.6 is 23.1 Å². The van der Waals surface area contributed by atoms with Crippen LogP contribution in [0.5, 0.6) is 0 Å². The average Bonchev–Trinajstić information content (AvgIpc) is 2.97. The lowest BCUT2D eigenvalue weighted by molar-refractivity contribution is 0.0798. The molecule has 0 aliphatic heterocycles. The monoisotopic (exact) mass is 334 g/mol. The Morgan fingerprint density at radius 2 is 2.05 bits per heavy atom. The maximum Gasteiger partial charge on any atom is 0.273 e. The first-order valence-corrected chi connectivity index (χ1v) is 9.36. The van der Waals surface area contributed by atoms with Crippen molar-refractivity contribution < 1.29 is 4.79 Å². The van der Waals surface area contributed by atoms with Gasteiger partial charge in [-0.25, -0.2) is 4.98 Å². The number of amides is 1. The Hall–Kier alpha value is -1.33. The van der Waals surface area contributed by atoms with Gasteiger partial charge in [0.05, 0.1) is 5.01 Å². The lowest BCUT2D eigenvalue weighted by atomic mass is 10.2. The Bertz CT molecular complexity index is 607. The van der Waals surface area contributed by atoms with Gasteiger partial charge in [-0.15, -0.1) is 23.1 Å². The molecule has 0 bridgehead atoms. The molecule has 1 amide bonds. The molecule has 2 aromatic rings. The SMILES string of the molecule is CCCc1nc(C(=O)N(C)CCSc2ccc(C)cc2)cs1. The van der Waals surface area contributed by atoms with Crippen molar-refractivity contribution in [1.29, 1.82) is 0 Å². The van der Waals surface area contributed by atoms with Crippen LogP contribution in [0.2, 0.25) is 0 Å². The van der Waals surface area contributed by atoms with E-state index in [-0.39, 0.29) is 5.91 Å². The number of benzene rings is 1. The van der Waals surface area contributed by atoms with Crippen molar-refractivity contribution in [2.24, 2.45) is 0 Å². The summed E-state index contributed by atoms with van der Waals surface area (Å²) in [5, 5.41) is 2.92. The maximum absolute atomic E-state index is 12.3. The lowest BCUT2D eigenvalue weighted by Crippen LogP contribution is -2.29. The Kier molecular flexibility index (Phi) is 6.46. The largest absolute Gasteiger partial charge is 0.340 e. The summed E-state index contributed by atoms with van der Waals surface area (Å²) in [7, 11) is 1.84. The van der Waals surface area contributed by atoms with Crippen molar-refractivity contribution in [3.8, 4) is 0 Å². The van der Waals surface area contributed by atoms with Crippen LogP contribution in [0.4, 0.5) is 0 Å². The highest BCUT2D eigenvalue weighted by Gasteiger charge is 2.15. The number of aromatic nitrogens is 1. The fraction of sp³-hybridized carbons (Fsp3) is 0.412. The molecule has 0 fully saturated rings. The van der Waals surface area contributed by atoms with E-state index in [1.165, 1.54) is 10.5 Å². The van der Waals surface area contributed by atoms with Crippen LogP contribution in [0.15, 0.2) is 34.5 Å². The van der Waals surface area contributed by atoms with Crippen LogP contribution in [0.25, 0.3) is 0 Å². The van der Waals surface area contributed by atoms with E-state index in [0.29, 0.717) is 5.69 Å². The van der Waals surface area contributed by atoms with E-state index in [4.69, 9.17) is 0 Å². The van der Waals surface area contributed by atoms with Gasteiger partial charge < -0.3 is 4.90 Å². The summed E-state index contributed by atoms with van der Waals surface area (Å²) in [6.07, 6.45) is 2.01. The molecule has 1 aromatic carbocycles. The molecule has 3 nitrogen and oxygen atoms in total. The number of thioether (sulfide) groups is 1. The summed E-state index contributed by atoms with van der Waals surface area (Å²) < 4.78 is 0.